The van der Waals surface area contributed by atoms with Gasteiger partial charge in [-0.1, -0.05) is 24.3 Å². The summed E-state index contributed by atoms with van der Waals surface area (Å²) in [6.45, 7) is 2.04. The van der Waals surface area contributed by atoms with Crippen molar-refractivity contribution in [2.45, 2.75) is 13.3 Å². The second-order valence-corrected chi connectivity index (χ2v) is 8.30. The molecule has 176 valence electrons. The lowest BCUT2D eigenvalue weighted by atomic mass is 9.97. The summed E-state index contributed by atoms with van der Waals surface area (Å²) < 4.78 is 5.82. The number of hydrogen-bond acceptors (Lipinski definition) is 5. The third-order valence-electron chi connectivity index (χ3n) is 5.81. The first kappa shape index (κ1) is 22.9. The molecule has 1 N–H and O–H groups in total. The number of aromatic nitrogens is 3. The fourth-order valence-electron chi connectivity index (χ4n) is 3.88. The standard InChI is InChI=1S/C30H24N4O2/c1-21-9-10-22(18-23(21)19-29-27(8-5-16-32-29)28-15-17-31-20-33-28)30(35)34-24-11-13-26(14-12-24)36-25-6-3-2-4-7-25/h2-18,20H,19H2,1H3,(H,34,35). The smallest absolute Gasteiger partial charge is 0.255 e. The zero-order valence-electron chi connectivity index (χ0n) is 19.8. The maximum absolute atomic E-state index is 13.0. The van der Waals surface area contributed by atoms with E-state index in [-0.39, 0.29) is 5.91 Å². The Morgan fingerprint density at radius 3 is 2.42 bits per heavy atom. The molecule has 0 aliphatic carbocycles. The number of rotatable bonds is 7. The van der Waals surface area contributed by atoms with Crippen molar-refractivity contribution >= 4 is 11.6 Å². The Morgan fingerprint density at radius 1 is 0.833 bits per heavy atom. The molecule has 6 heteroatoms. The Labute approximate surface area is 209 Å². The van der Waals surface area contributed by atoms with Crippen LogP contribution in [0, 0.1) is 6.92 Å². The lowest BCUT2D eigenvalue weighted by Crippen LogP contribution is -2.12. The number of amides is 1. The largest absolute Gasteiger partial charge is 0.457 e. The highest BCUT2D eigenvalue weighted by molar-refractivity contribution is 6.04. The van der Waals surface area contributed by atoms with Crippen molar-refractivity contribution in [3.8, 4) is 22.8 Å². The van der Waals surface area contributed by atoms with E-state index in [0.29, 0.717) is 23.4 Å². The second-order valence-electron chi connectivity index (χ2n) is 8.30. The van der Waals surface area contributed by atoms with Gasteiger partial charge in [-0.05, 0) is 84.8 Å². The molecular weight excluding hydrogens is 448 g/mol. The van der Waals surface area contributed by atoms with Crippen LogP contribution >= 0.6 is 0 Å². The number of carbonyl (C=O) groups is 1. The van der Waals surface area contributed by atoms with E-state index in [1.54, 1.807) is 12.4 Å². The van der Waals surface area contributed by atoms with Gasteiger partial charge in [0.05, 0.1) is 11.4 Å². The molecule has 0 radical (unpaired) electrons. The number of pyridine rings is 1. The molecule has 0 saturated heterocycles. The highest BCUT2D eigenvalue weighted by Crippen LogP contribution is 2.25. The Kier molecular flexibility index (Phi) is 6.76. The van der Waals surface area contributed by atoms with Crippen LogP contribution in [0.5, 0.6) is 11.5 Å². The molecule has 0 spiro atoms. The molecule has 0 aliphatic heterocycles. The van der Waals surface area contributed by atoms with Gasteiger partial charge >= 0.3 is 0 Å². The number of benzene rings is 3. The van der Waals surface area contributed by atoms with Crippen LogP contribution in [0.1, 0.15) is 27.2 Å². The van der Waals surface area contributed by atoms with Gasteiger partial charge in [-0.2, -0.15) is 0 Å². The number of hydrogen-bond donors (Lipinski definition) is 1. The van der Waals surface area contributed by atoms with Gasteiger partial charge in [0.1, 0.15) is 17.8 Å². The third kappa shape index (κ3) is 5.45. The maximum Gasteiger partial charge on any atom is 0.255 e. The molecular formula is C30H24N4O2. The predicted octanol–water partition coefficient (Wildman–Crippen LogP) is 6.48. The van der Waals surface area contributed by atoms with Crippen molar-refractivity contribution in [3.05, 3.63) is 132 Å². The van der Waals surface area contributed by atoms with E-state index in [9.17, 15) is 4.79 Å². The summed E-state index contributed by atoms with van der Waals surface area (Å²) in [7, 11) is 0. The molecule has 0 saturated carbocycles. The number of aryl methyl sites for hydroxylation is 1. The van der Waals surface area contributed by atoms with Crippen molar-refractivity contribution in [1.82, 2.24) is 15.0 Å². The molecule has 0 unspecified atom stereocenters. The van der Waals surface area contributed by atoms with Crippen molar-refractivity contribution in [2.24, 2.45) is 0 Å². The maximum atomic E-state index is 13.0. The summed E-state index contributed by atoms with van der Waals surface area (Å²) in [4.78, 5) is 26.0. The van der Waals surface area contributed by atoms with Crippen LogP contribution in [0.15, 0.2) is 110 Å². The molecule has 0 aliphatic rings. The highest BCUT2D eigenvalue weighted by atomic mass is 16.5. The van der Waals surface area contributed by atoms with Gasteiger partial charge in [0.15, 0.2) is 0 Å². The van der Waals surface area contributed by atoms with Crippen LogP contribution in [-0.2, 0) is 6.42 Å². The summed E-state index contributed by atoms with van der Waals surface area (Å²) in [5.41, 5.74) is 6.06. The number of carbonyl (C=O) groups excluding carboxylic acids is 1. The van der Waals surface area contributed by atoms with Crippen molar-refractivity contribution < 1.29 is 9.53 Å². The summed E-state index contributed by atoms with van der Waals surface area (Å²) >= 11 is 0. The van der Waals surface area contributed by atoms with Gasteiger partial charge in [0, 0.05) is 35.6 Å². The summed E-state index contributed by atoms with van der Waals surface area (Å²) in [5, 5.41) is 2.97. The Bertz CT molecular complexity index is 1470. The molecule has 2 aromatic heterocycles. The van der Waals surface area contributed by atoms with Crippen molar-refractivity contribution in [2.75, 3.05) is 5.32 Å². The lowest BCUT2D eigenvalue weighted by Gasteiger charge is -2.12. The van der Waals surface area contributed by atoms with E-state index >= 15 is 0 Å². The van der Waals surface area contributed by atoms with Crippen LogP contribution in [0.25, 0.3) is 11.3 Å². The van der Waals surface area contributed by atoms with E-state index in [1.807, 2.05) is 97.9 Å². The molecule has 0 fully saturated rings. The number of ether oxygens (including phenoxy) is 1. The SMILES string of the molecule is Cc1ccc(C(=O)Nc2ccc(Oc3ccccc3)cc2)cc1Cc1ncccc1-c1ccncn1. The Hall–Kier alpha value is -4.84. The van der Waals surface area contributed by atoms with Gasteiger partial charge in [0.25, 0.3) is 5.91 Å². The fourth-order valence-corrected chi connectivity index (χ4v) is 3.88. The molecule has 0 atom stereocenters. The summed E-state index contributed by atoms with van der Waals surface area (Å²) in [5.74, 6) is 1.29. The first-order chi connectivity index (χ1) is 17.7. The van der Waals surface area contributed by atoms with Gasteiger partial charge < -0.3 is 10.1 Å². The lowest BCUT2D eigenvalue weighted by molar-refractivity contribution is 0.102. The van der Waals surface area contributed by atoms with Crippen molar-refractivity contribution in [1.29, 1.82) is 0 Å². The van der Waals surface area contributed by atoms with Crippen LogP contribution < -0.4 is 10.1 Å². The first-order valence-electron chi connectivity index (χ1n) is 11.6. The average Bonchev–Trinajstić information content (AvgIpc) is 2.92. The van der Waals surface area contributed by atoms with Crippen molar-refractivity contribution in [3.63, 3.8) is 0 Å². The number of nitrogens with one attached hydrogen (secondary N) is 1. The fraction of sp³-hybridized carbons (Fsp3) is 0.0667. The summed E-state index contributed by atoms with van der Waals surface area (Å²) in [6.07, 6.45) is 5.61. The molecule has 1 amide bonds. The molecule has 5 aromatic rings. The topological polar surface area (TPSA) is 77.0 Å². The Morgan fingerprint density at radius 2 is 1.64 bits per heavy atom. The predicted molar refractivity (Wildman–Crippen MR) is 140 cm³/mol. The van der Waals surface area contributed by atoms with Gasteiger partial charge in [-0.3, -0.25) is 9.78 Å². The van der Waals surface area contributed by atoms with Crippen LogP contribution in [0.4, 0.5) is 5.69 Å². The van der Waals surface area contributed by atoms with E-state index < -0.39 is 0 Å². The van der Waals surface area contributed by atoms with Crippen LogP contribution in [0.2, 0.25) is 0 Å². The zero-order chi connectivity index (χ0) is 24.7. The minimum absolute atomic E-state index is 0.176. The number of nitrogens with zero attached hydrogens (tertiary/aromatic N) is 3. The van der Waals surface area contributed by atoms with Gasteiger partial charge in [-0.15, -0.1) is 0 Å². The Balaban J connectivity index is 1.31. The van der Waals surface area contributed by atoms with E-state index in [2.05, 4.69) is 20.3 Å². The minimum atomic E-state index is -0.176. The molecule has 3 aromatic carbocycles. The van der Waals surface area contributed by atoms with E-state index in [4.69, 9.17) is 4.74 Å². The molecule has 6 nitrogen and oxygen atoms in total. The first-order valence-corrected chi connectivity index (χ1v) is 11.6. The van der Waals surface area contributed by atoms with Gasteiger partial charge in [-0.25, -0.2) is 9.97 Å². The van der Waals surface area contributed by atoms with Crippen LogP contribution in [-0.4, -0.2) is 20.9 Å². The van der Waals surface area contributed by atoms with E-state index in [0.717, 1.165) is 33.8 Å². The molecule has 5 rings (SSSR count). The quantitative estimate of drug-likeness (QED) is 0.293. The van der Waals surface area contributed by atoms with E-state index in [1.165, 1.54) is 6.33 Å². The third-order valence-corrected chi connectivity index (χ3v) is 5.81. The number of anilines is 1. The normalized spacial score (nSPS) is 10.6. The molecule has 36 heavy (non-hydrogen) atoms. The minimum Gasteiger partial charge on any atom is -0.457 e. The highest BCUT2D eigenvalue weighted by Gasteiger charge is 2.13. The van der Waals surface area contributed by atoms with Gasteiger partial charge in [0.2, 0.25) is 0 Å². The average molecular weight is 473 g/mol. The monoisotopic (exact) mass is 472 g/mol. The van der Waals surface area contributed by atoms with Crippen LogP contribution in [0.3, 0.4) is 0 Å². The number of para-hydroxylation sites is 1. The molecule has 2 heterocycles. The molecule has 0 bridgehead atoms. The zero-order valence-corrected chi connectivity index (χ0v) is 19.8. The summed E-state index contributed by atoms with van der Waals surface area (Å²) in [6, 6.07) is 28.4. The second kappa shape index (κ2) is 10.6.